The lowest BCUT2D eigenvalue weighted by Crippen LogP contribution is -2.28. The molecule has 1 amide bonds. The molecule has 3 rings (SSSR count). The van der Waals surface area contributed by atoms with Crippen LogP contribution < -0.4 is 0 Å². The van der Waals surface area contributed by atoms with Crippen LogP contribution in [0.25, 0.3) is 0 Å². The molecule has 0 aliphatic rings. The van der Waals surface area contributed by atoms with Crippen LogP contribution in [-0.2, 0) is 6.54 Å². The highest BCUT2D eigenvalue weighted by Crippen LogP contribution is 2.29. The number of nitrogens with zero attached hydrogens (tertiary/aromatic N) is 4. The molecule has 0 saturated heterocycles. The second kappa shape index (κ2) is 8.09. The number of pyridine rings is 1. The number of carbonyl (C=O) groups excluding carboxylic acids is 1. The lowest BCUT2D eigenvalue weighted by Gasteiger charge is -2.18. The quantitative estimate of drug-likeness (QED) is 0.652. The van der Waals surface area contributed by atoms with Gasteiger partial charge >= 0.3 is 6.55 Å². The van der Waals surface area contributed by atoms with E-state index in [1.165, 1.54) is 29.1 Å². The number of aromatic nitrogens is 3. The van der Waals surface area contributed by atoms with Gasteiger partial charge in [-0.2, -0.15) is 8.78 Å². The maximum atomic E-state index is 12.9. The second-order valence-corrected chi connectivity index (χ2v) is 6.52. The van der Waals surface area contributed by atoms with Crippen LogP contribution in [0.3, 0.4) is 0 Å². The molecule has 0 fully saturated rings. The first-order chi connectivity index (χ1) is 12.6. The summed E-state index contributed by atoms with van der Waals surface area (Å²) in [4.78, 5) is 23.3. The highest BCUT2D eigenvalue weighted by molar-refractivity contribution is 7.99. The van der Waals surface area contributed by atoms with E-state index in [9.17, 15) is 13.6 Å². The van der Waals surface area contributed by atoms with E-state index in [-0.39, 0.29) is 18.3 Å². The van der Waals surface area contributed by atoms with E-state index in [1.54, 1.807) is 25.4 Å². The summed E-state index contributed by atoms with van der Waals surface area (Å²) in [5.41, 5.74) is 0.416. The van der Waals surface area contributed by atoms with Crippen molar-refractivity contribution in [2.45, 2.75) is 23.0 Å². The molecule has 0 bridgehead atoms. The van der Waals surface area contributed by atoms with Crippen molar-refractivity contribution >= 4 is 17.7 Å². The van der Waals surface area contributed by atoms with Crippen LogP contribution in [0.1, 0.15) is 22.7 Å². The molecule has 0 N–H and O–H groups in total. The Hall–Kier alpha value is -2.74. The predicted octanol–water partition coefficient (Wildman–Crippen LogP) is 4.10. The summed E-state index contributed by atoms with van der Waals surface area (Å²) in [5, 5.41) is 0.563. The molecule has 5 nitrogen and oxygen atoms in total. The van der Waals surface area contributed by atoms with Gasteiger partial charge in [-0.1, -0.05) is 30.0 Å². The van der Waals surface area contributed by atoms with Crippen LogP contribution in [0.5, 0.6) is 0 Å². The third kappa shape index (κ3) is 4.08. The summed E-state index contributed by atoms with van der Waals surface area (Å²) < 4.78 is 26.6. The van der Waals surface area contributed by atoms with Crippen molar-refractivity contribution in [2.24, 2.45) is 0 Å². The molecule has 0 unspecified atom stereocenters. The van der Waals surface area contributed by atoms with Gasteiger partial charge in [-0.3, -0.25) is 9.36 Å². The average Bonchev–Trinajstić information content (AvgIpc) is 3.11. The number of hydrogen-bond acceptors (Lipinski definition) is 4. The molecule has 0 radical (unpaired) electrons. The molecular weight excluding hydrogens is 358 g/mol. The van der Waals surface area contributed by atoms with Crippen molar-refractivity contribution in [3.8, 4) is 0 Å². The van der Waals surface area contributed by atoms with E-state index in [0.29, 0.717) is 10.6 Å². The molecule has 3 aromatic rings. The third-order valence-electron chi connectivity index (χ3n) is 3.64. The standard InChI is InChI=1S/C18H16F2N4OS/c1-23(12-15-21-10-11-24(15)18(19)20)17(25)14-8-5-9-22-16(14)26-13-6-3-2-4-7-13/h2-11,18H,12H2,1H3. The van der Waals surface area contributed by atoms with Crippen molar-refractivity contribution in [3.05, 3.63) is 72.4 Å². The molecule has 0 spiro atoms. The molecule has 0 atom stereocenters. The first-order valence-corrected chi connectivity index (χ1v) is 8.61. The largest absolute Gasteiger partial charge is 0.334 e. The molecule has 1 aromatic carbocycles. The van der Waals surface area contributed by atoms with Crippen LogP contribution in [-0.4, -0.2) is 32.4 Å². The summed E-state index contributed by atoms with van der Waals surface area (Å²) in [6.07, 6.45) is 4.10. The van der Waals surface area contributed by atoms with Gasteiger partial charge in [0.25, 0.3) is 5.91 Å². The monoisotopic (exact) mass is 374 g/mol. The fraction of sp³-hybridized carbons (Fsp3) is 0.167. The van der Waals surface area contributed by atoms with Gasteiger partial charge in [0.2, 0.25) is 0 Å². The smallest absolute Gasteiger partial charge is 0.319 e. The predicted molar refractivity (Wildman–Crippen MR) is 94.1 cm³/mol. The molecule has 0 saturated carbocycles. The lowest BCUT2D eigenvalue weighted by atomic mass is 10.2. The van der Waals surface area contributed by atoms with E-state index >= 15 is 0 Å². The molecule has 2 heterocycles. The zero-order valence-corrected chi connectivity index (χ0v) is 14.7. The van der Waals surface area contributed by atoms with Gasteiger partial charge in [0.1, 0.15) is 10.9 Å². The van der Waals surface area contributed by atoms with E-state index in [1.807, 2.05) is 30.3 Å². The van der Waals surface area contributed by atoms with Crippen LogP contribution in [0, 0.1) is 0 Å². The molecular formula is C18H16F2N4OS. The van der Waals surface area contributed by atoms with Gasteiger partial charge in [0.15, 0.2) is 0 Å². The zero-order chi connectivity index (χ0) is 18.5. The number of amides is 1. The van der Waals surface area contributed by atoms with Gasteiger partial charge in [-0.15, -0.1) is 0 Å². The second-order valence-electron chi connectivity index (χ2n) is 5.46. The number of hydrogen-bond donors (Lipinski definition) is 0. The fourth-order valence-electron chi connectivity index (χ4n) is 2.37. The van der Waals surface area contributed by atoms with Crippen molar-refractivity contribution in [2.75, 3.05) is 7.05 Å². The molecule has 2 aromatic heterocycles. The average molecular weight is 374 g/mol. The van der Waals surface area contributed by atoms with E-state index in [2.05, 4.69) is 9.97 Å². The highest BCUT2D eigenvalue weighted by atomic mass is 32.2. The summed E-state index contributed by atoms with van der Waals surface area (Å²) in [6.45, 7) is -2.72. The lowest BCUT2D eigenvalue weighted by molar-refractivity contribution is 0.0611. The zero-order valence-electron chi connectivity index (χ0n) is 13.9. The number of carbonyl (C=O) groups is 1. The third-order valence-corrected chi connectivity index (χ3v) is 4.67. The Balaban J connectivity index is 1.80. The number of alkyl halides is 2. The van der Waals surface area contributed by atoms with Crippen LogP contribution in [0.4, 0.5) is 8.78 Å². The van der Waals surface area contributed by atoms with E-state index < -0.39 is 6.55 Å². The fourth-order valence-corrected chi connectivity index (χ4v) is 3.26. The van der Waals surface area contributed by atoms with E-state index in [0.717, 1.165) is 9.46 Å². The molecule has 26 heavy (non-hydrogen) atoms. The van der Waals surface area contributed by atoms with Crippen molar-refractivity contribution in [3.63, 3.8) is 0 Å². The first kappa shape index (κ1) is 18.1. The van der Waals surface area contributed by atoms with Crippen LogP contribution >= 0.6 is 11.8 Å². The van der Waals surface area contributed by atoms with Gasteiger partial charge in [-0.05, 0) is 24.3 Å². The number of halogens is 2. The Morgan fingerprint density at radius 2 is 1.92 bits per heavy atom. The molecule has 0 aliphatic carbocycles. The van der Waals surface area contributed by atoms with Gasteiger partial charge in [0, 0.05) is 30.5 Å². The van der Waals surface area contributed by atoms with E-state index in [4.69, 9.17) is 0 Å². The number of benzene rings is 1. The minimum absolute atomic E-state index is 0.0273. The Kier molecular flexibility index (Phi) is 5.62. The molecule has 0 aliphatic heterocycles. The van der Waals surface area contributed by atoms with Gasteiger partial charge in [-0.25, -0.2) is 9.97 Å². The Morgan fingerprint density at radius 1 is 1.15 bits per heavy atom. The topological polar surface area (TPSA) is 51.0 Å². The Bertz CT molecular complexity index is 886. The Labute approximate surface area is 153 Å². The van der Waals surface area contributed by atoms with Crippen molar-refractivity contribution in [1.82, 2.24) is 19.4 Å². The summed E-state index contributed by atoms with van der Waals surface area (Å²) in [6, 6.07) is 12.9. The normalized spacial score (nSPS) is 10.9. The van der Waals surface area contributed by atoms with Crippen LogP contribution in [0.2, 0.25) is 0 Å². The Morgan fingerprint density at radius 3 is 2.65 bits per heavy atom. The molecule has 8 heteroatoms. The number of rotatable bonds is 6. The SMILES string of the molecule is CN(Cc1nccn1C(F)F)C(=O)c1cccnc1Sc1ccccc1. The summed E-state index contributed by atoms with van der Waals surface area (Å²) in [7, 11) is 1.55. The van der Waals surface area contributed by atoms with Gasteiger partial charge < -0.3 is 4.90 Å². The van der Waals surface area contributed by atoms with Gasteiger partial charge in [0.05, 0.1) is 12.1 Å². The molecule has 134 valence electrons. The summed E-state index contributed by atoms with van der Waals surface area (Å²) >= 11 is 1.38. The maximum absolute atomic E-state index is 12.9. The highest BCUT2D eigenvalue weighted by Gasteiger charge is 2.20. The maximum Gasteiger partial charge on any atom is 0.319 e. The van der Waals surface area contributed by atoms with Crippen molar-refractivity contribution in [1.29, 1.82) is 0 Å². The number of imidazole rings is 1. The first-order valence-electron chi connectivity index (χ1n) is 7.79. The van der Waals surface area contributed by atoms with Crippen LogP contribution in [0.15, 0.2) is 71.0 Å². The van der Waals surface area contributed by atoms with Crippen molar-refractivity contribution < 1.29 is 13.6 Å². The minimum Gasteiger partial charge on any atom is -0.334 e. The summed E-state index contributed by atoms with van der Waals surface area (Å²) in [5.74, 6) is -0.183. The minimum atomic E-state index is -2.70.